The Morgan fingerprint density at radius 2 is 1.95 bits per heavy atom. The van der Waals surface area contributed by atoms with E-state index in [4.69, 9.17) is 9.52 Å². The van der Waals surface area contributed by atoms with Crippen LogP contribution < -0.4 is 5.32 Å². The summed E-state index contributed by atoms with van der Waals surface area (Å²) >= 11 is 0. The lowest BCUT2D eigenvalue weighted by Crippen LogP contribution is -2.38. The maximum Gasteiger partial charge on any atom is 0.310 e. The molecule has 0 bridgehead atoms. The highest BCUT2D eigenvalue weighted by Crippen LogP contribution is 2.17. The number of hydrogen-bond acceptors (Lipinski definition) is 5. The van der Waals surface area contributed by atoms with E-state index in [9.17, 15) is 9.59 Å². The van der Waals surface area contributed by atoms with E-state index in [1.54, 1.807) is 38.1 Å². The Kier molecular flexibility index (Phi) is 4.02. The molecule has 0 fully saturated rings. The van der Waals surface area contributed by atoms with Crippen LogP contribution in [0.25, 0.3) is 11.5 Å². The van der Waals surface area contributed by atoms with Crippen LogP contribution in [0.15, 0.2) is 35.1 Å². The van der Waals surface area contributed by atoms with Crippen molar-refractivity contribution >= 4 is 11.9 Å². The lowest BCUT2D eigenvalue weighted by Gasteiger charge is -2.19. The van der Waals surface area contributed by atoms with Crippen LogP contribution in [0, 0.1) is 5.41 Å². The molecule has 0 aliphatic heterocycles. The fraction of sp³-hybridized carbons (Fsp3) is 0.286. The monoisotopic (exact) mass is 289 g/mol. The first-order valence-corrected chi connectivity index (χ1v) is 6.28. The molecule has 7 nitrogen and oxygen atoms in total. The molecule has 1 heterocycles. The van der Waals surface area contributed by atoms with Gasteiger partial charge in [0.1, 0.15) is 0 Å². The third kappa shape index (κ3) is 3.44. The van der Waals surface area contributed by atoms with Gasteiger partial charge in [0.2, 0.25) is 12.3 Å². The molecule has 21 heavy (non-hydrogen) atoms. The van der Waals surface area contributed by atoms with Crippen molar-refractivity contribution in [3.63, 3.8) is 0 Å². The van der Waals surface area contributed by atoms with Gasteiger partial charge in [0.15, 0.2) is 0 Å². The van der Waals surface area contributed by atoms with E-state index < -0.39 is 11.4 Å². The highest BCUT2D eigenvalue weighted by molar-refractivity contribution is 5.94. The Morgan fingerprint density at radius 1 is 1.29 bits per heavy atom. The molecule has 0 saturated carbocycles. The quantitative estimate of drug-likeness (QED) is 0.865. The highest BCUT2D eigenvalue weighted by atomic mass is 16.4. The van der Waals surface area contributed by atoms with E-state index in [-0.39, 0.29) is 12.5 Å². The van der Waals surface area contributed by atoms with Gasteiger partial charge >= 0.3 is 5.97 Å². The number of benzene rings is 1. The van der Waals surface area contributed by atoms with E-state index in [0.29, 0.717) is 17.0 Å². The van der Waals surface area contributed by atoms with Crippen molar-refractivity contribution in [3.05, 3.63) is 36.2 Å². The van der Waals surface area contributed by atoms with E-state index >= 15 is 0 Å². The summed E-state index contributed by atoms with van der Waals surface area (Å²) in [5.74, 6) is -0.926. The van der Waals surface area contributed by atoms with E-state index in [1.165, 1.54) is 6.39 Å². The minimum atomic E-state index is -1.01. The molecule has 0 spiro atoms. The third-order valence-electron chi connectivity index (χ3n) is 3.02. The summed E-state index contributed by atoms with van der Waals surface area (Å²) in [6, 6.07) is 6.60. The number of amides is 1. The Balaban J connectivity index is 2.02. The number of carboxylic acid groups (broad SMARTS) is 1. The molecule has 2 rings (SSSR count). The van der Waals surface area contributed by atoms with Crippen LogP contribution in [0.2, 0.25) is 0 Å². The molecule has 0 atom stereocenters. The van der Waals surface area contributed by atoms with Crippen LogP contribution in [-0.2, 0) is 4.79 Å². The number of aromatic nitrogens is 2. The molecule has 2 N–H and O–H groups in total. The average molecular weight is 289 g/mol. The fourth-order valence-corrected chi connectivity index (χ4v) is 1.54. The lowest BCUT2D eigenvalue weighted by molar-refractivity contribution is -0.146. The summed E-state index contributed by atoms with van der Waals surface area (Å²) in [5.41, 5.74) is 0.119. The van der Waals surface area contributed by atoms with Gasteiger partial charge in [0.25, 0.3) is 5.91 Å². The number of carboxylic acids is 1. The zero-order valence-corrected chi connectivity index (χ0v) is 11.7. The molecule has 1 aromatic heterocycles. The number of aliphatic carboxylic acids is 1. The maximum absolute atomic E-state index is 12.0. The number of rotatable bonds is 5. The molecule has 110 valence electrons. The molecule has 0 radical (unpaired) electrons. The van der Waals surface area contributed by atoms with Crippen LogP contribution in [-0.4, -0.2) is 33.7 Å². The van der Waals surface area contributed by atoms with Gasteiger partial charge in [0, 0.05) is 17.7 Å². The first-order chi connectivity index (χ1) is 9.90. The second kappa shape index (κ2) is 5.74. The van der Waals surface area contributed by atoms with Crippen LogP contribution in [0.3, 0.4) is 0 Å². The second-order valence-corrected chi connectivity index (χ2v) is 5.19. The molecule has 0 aliphatic rings. The average Bonchev–Trinajstić information content (AvgIpc) is 2.99. The van der Waals surface area contributed by atoms with Crippen molar-refractivity contribution in [2.24, 2.45) is 5.41 Å². The van der Waals surface area contributed by atoms with Crippen molar-refractivity contribution in [2.45, 2.75) is 13.8 Å². The Bertz CT molecular complexity index is 633. The van der Waals surface area contributed by atoms with Gasteiger partial charge < -0.3 is 14.8 Å². The van der Waals surface area contributed by atoms with Crippen LogP contribution in [0.5, 0.6) is 0 Å². The first kappa shape index (κ1) is 14.7. The van der Waals surface area contributed by atoms with Crippen molar-refractivity contribution in [1.82, 2.24) is 15.5 Å². The molecule has 1 amide bonds. The number of carbonyl (C=O) groups is 2. The van der Waals surface area contributed by atoms with E-state index in [2.05, 4.69) is 15.5 Å². The van der Waals surface area contributed by atoms with Crippen molar-refractivity contribution in [2.75, 3.05) is 6.54 Å². The molecule has 2 aromatic rings. The van der Waals surface area contributed by atoms with Crippen molar-refractivity contribution in [3.8, 4) is 11.5 Å². The SMILES string of the molecule is CC(C)(CNC(=O)c1ccc(-c2nnco2)cc1)C(=O)O. The number of carbonyl (C=O) groups excluding carboxylic acids is 1. The zero-order chi connectivity index (χ0) is 15.5. The molecule has 1 aromatic carbocycles. The van der Waals surface area contributed by atoms with Gasteiger partial charge in [-0.15, -0.1) is 10.2 Å². The zero-order valence-electron chi connectivity index (χ0n) is 11.7. The van der Waals surface area contributed by atoms with Gasteiger partial charge in [-0.3, -0.25) is 9.59 Å². The largest absolute Gasteiger partial charge is 0.481 e. The maximum atomic E-state index is 12.0. The summed E-state index contributed by atoms with van der Waals surface area (Å²) in [6.07, 6.45) is 1.23. The molecular weight excluding hydrogens is 274 g/mol. The fourth-order valence-electron chi connectivity index (χ4n) is 1.54. The van der Waals surface area contributed by atoms with Gasteiger partial charge in [-0.25, -0.2) is 0 Å². The molecule has 7 heteroatoms. The highest BCUT2D eigenvalue weighted by Gasteiger charge is 2.27. The summed E-state index contributed by atoms with van der Waals surface area (Å²) in [6.45, 7) is 3.15. The van der Waals surface area contributed by atoms with Gasteiger partial charge in [-0.1, -0.05) is 0 Å². The number of nitrogens with one attached hydrogen (secondary N) is 1. The molecule has 0 aliphatic carbocycles. The van der Waals surface area contributed by atoms with Crippen molar-refractivity contribution in [1.29, 1.82) is 0 Å². The minimum absolute atomic E-state index is 0.0482. The number of hydrogen-bond donors (Lipinski definition) is 2. The third-order valence-corrected chi connectivity index (χ3v) is 3.02. The predicted octanol–water partition coefficient (Wildman–Crippen LogP) is 1.58. The standard InChI is InChI=1S/C14H15N3O4/c1-14(2,13(19)20)7-15-11(18)9-3-5-10(6-4-9)12-17-16-8-21-12/h3-6,8H,7H2,1-2H3,(H,15,18)(H,19,20). The predicted molar refractivity (Wildman–Crippen MR) is 73.5 cm³/mol. The van der Waals surface area contributed by atoms with Gasteiger partial charge in [-0.05, 0) is 38.1 Å². The second-order valence-electron chi connectivity index (χ2n) is 5.19. The van der Waals surface area contributed by atoms with Crippen molar-refractivity contribution < 1.29 is 19.1 Å². The van der Waals surface area contributed by atoms with E-state index in [0.717, 1.165) is 0 Å². The summed E-state index contributed by atoms with van der Waals surface area (Å²) in [7, 11) is 0. The lowest BCUT2D eigenvalue weighted by atomic mass is 9.94. The Hall–Kier alpha value is -2.70. The van der Waals surface area contributed by atoms with E-state index in [1.807, 2.05) is 0 Å². The van der Waals surface area contributed by atoms with Gasteiger partial charge in [-0.2, -0.15) is 0 Å². The normalized spacial score (nSPS) is 11.1. The number of nitrogens with zero attached hydrogens (tertiary/aromatic N) is 2. The smallest absolute Gasteiger partial charge is 0.310 e. The molecule has 0 unspecified atom stereocenters. The summed E-state index contributed by atoms with van der Waals surface area (Å²) < 4.78 is 5.05. The topological polar surface area (TPSA) is 105 Å². The van der Waals surface area contributed by atoms with Gasteiger partial charge in [0.05, 0.1) is 5.41 Å². The Morgan fingerprint density at radius 3 is 2.48 bits per heavy atom. The van der Waals surface area contributed by atoms with Crippen LogP contribution in [0.1, 0.15) is 24.2 Å². The molecule has 0 saturated heterocycles. The Labute approximate surface area is 121 Å². The summed E-state index contributed by atoms with van der Waals surface area (Å²) in [5, 5.41) is 18.9. The minimum Gasteiger partial charge on any atom is -0.481 e. The first-order valence-electron chi connectivity index (χ1n) is 6.28. The van der Waals surface area contributed by atoms with Crippen LogP contribution in [0.4, 0.5) is 0 Å². The van der Waals surface area contributed by atoms with Crippen LogP contribution >= 0.6 is 0 Å². The molecular formula is C14H15N3O4. The summed E-state index contributed by atoms with van der Waals surface area (Å²) in [4.78, 5) is 22.9.